The first-order valence-electron chi connectivity index (χ1n) is 8.17. The molecule has 1 amide bonds. The number of halogens is 2. The van der Waals surface area contributed by atoms with Crippen LogP contribution in [-0.2, 0) is 4.79 Å². The van der Waals surface area contributed by atoms with E-state index in [-0.39, 0.29) is 18.1 Å². The normalized spacial score (nSPS) is 23.8. The minimum absolute atomic E-state index is 0.0363. The maximum Gasteiger partial charge on any atom is 0.246 e. The molecule has 0 spiro atoms. The molecule has 0 radical (unpaired) electrons. The average molecular weight is 361 g/mol. The first kappa shape index (κ1) is 15.9. The highest BCUT2D eigenvalue weighted by Gasteiger charge is 2.49. The van der Waals surface area contributed by atoms with Gasteiger partial charge >= 0.3 is 0 Å². The van der Waals surface area contributed by atoms with Crippen molar-refractivity contribution in [3.8, 4) is 0 Å². The predicted molar refractivity (Wildman–Crippen MR) is 97.6 cm³/mol. The molecule has 0 bridgehead atoms. The smallest absolute Gasteiger partial charge is 0.246 e. The highest BCUT2D eigenvalue weighted by Crippen LogP contribution is 2.43. The lowest BCUT2D eigenvalue weighted by molar-refractivity contribution is -0.119. The summed E-state index contributed by atoms with van der Waals surface area (Å²) in [7, 11) is 0. The monoisotopic (exact) mass is 360 g/mol. The number of anilines is 1. The van der Waals surface area contributed by atoms with Crippen LogP contribution in [0.4, 0.5) is 5.69 Å². The third-order valence-corrected chi connectivity index (χ3v) is 5.67. The van der Waals surface area contributed by atoms with Crippen LogP contribution < -0.4 is 4.90 Å². The summed E-state index contributed by atoms with van der Waals surface area (Å²) in [5, 5.41) is 0.969. The standard InChI is InChI=1S/C19H18Cl2N2O/c1-12-4-6-13(7-5-12)18-22-10-2-3-17(22)19(24)23(18)14-8-9-15(20)16(21)11-14/h4-9,11,17-18H,2-3,10H2,1H3/t17-,18-/m0/s1. The molecule has 2 aromatic rings. The van der Waals surface area contributed by atoms with Crippen LogP contribution in [0.25, 0.3) is 0 Å². The van der Waals surface area contributed by atoms with Crippen LogP contribution in [0, 0.1) is 6.92 Å². The Kier molecular flexibility index (Phi) is 4.03. The lowest BCUT2D eigenvalue weighted by Gasteiger charge is -2.30. The van der Waals surface area contributed by atoms with E-state index in [0.717, 1.165) is 30.6 Å². The Balaban J connectivity index is 1.81. The van der Waals surface area contributed by atoms with Crippen molar-refractivity contribution in [2.45, 2.75) is 32.0 Å². The van der Waals surface area contributed by atoms with E-state index in [2.05, 4.69) is 36.1 Å². The Labute approximate surface area is 151 Å². The predicted octanol–water partition coefficient (Wildman–Crippen LogP) is 4.81. The molecule has 0 saturated carbocycles. The number of hydrogen-bond acceptors (Lipinski definition) is 2. The number of carbonyl (C=O) groups excluding carboxylic acids is 1. The van der Waals surface area contributed by atoms with Gasteiger partial charge in [-0.25, -0.2) is 0 Å². The summed E-state index contributed by atoms with van der Waals surface area (Å²) in [6.45, 7) is 3.01. The molecule has 4 rings (SSSR count). The van der Waals surface area contributed by atoms with Crippen LogP contribution in [0.5, 0.6) is 0 Å². The highest BCUT2D eigenvalue weighted by atomic mass is 35.5. The van der Waals surface area contributed by atoms with E-state index in [4.69, 9.17) is 23.2 Å². The highest BCUT2D eigenvalue weighted by molar-refractivity contribution is 6.42. The van der Waals surface area contributed by atoms with Crippen molar-refractivity contribution in [3.63, 3.8) is 0 Å². The van der Waals surface area contributed by atoms with Gasteiger partial charge in [0.1, 0.15) is 6.17 Å². The van der Waals surface area contributed by atoms with Gasteiger partial charge in [-0.3, -0.25) is 14.6 Å². The molecular weight excluding hydrogens is 343 g/mol. The van der Waals surface area contributed by atoms with Gasteiger partial charge in [-0.05, 0) is 43.5 Å². The zero-order valence-electron chi connectivity index (χ0n) is 13.4. The maximum absolute atomic E-state index is 13.0. The second kappa shape index (κ2) is 6.07. The zero-order valence-corrected chi connectivity index (χ0v) is 14.9. The summed E-state index contributed by atoms with van der Waals surface area (Å²) >= 11 is 12.2. The molecule has 5 heteroatoms. The Morgan fingerprint density at radius 3 is 2.50 bits per heavy atom. The number of carbonyl (C=O) groups is 1. The SMILES string of the molecule is Cc1ccc([C@@H]2N(c3ccc(Cl)c(Cl)c3)C(=O)[C@@H]3CCCN23)cc1. The molecular formula is C19H18Cl2N2O. The molecule has 2 atom stereocenters. The van der Waals surface area contributed by atoms with Gasteiger partial charge in [-0.15, -0.1) is 0 Å². The molecule has 124 valence electrons. The van der Waals surface area contributed by atoms with Gasteiger partial charge in [0.15, 0.2) is 0 Å². The van der Waals surface area contributed by atoms with E-state index in [1.807, 2.05) is 11.0 Å². The van der Waals surface area contributed by atoms with Crippen molar-refractivity contribution in [1.29, 1.82) is 0 Å². The second-order valence-corrected chi connectivity index (χ2v) is 7.30. The van der Waals surface area contributed by atoms with E-state index in [1.54, 1.807) is 12.1 Å². The van der Waals surface area contributed by atoms with Crippen LogP contribution in [0.3, 0.4) is 0 Å². The minimum Gasteiger partial charge on any atom is -0.290 e. The van der Waals surface area contributed by atoms with E-state index in [0.29, 0.717) is 10.0 Å². The Morgan fingerprint density at radius 2 is 1.79 bits per heavy atom. The van der Waals surface area contributed by atoms with Crippen molar-refractivity contribution in [2.75, 3.05) is 11.4 Å². The van der Waals surface area contributed by atoms with Crippen LogP contribution in [0.15, 0.2) is 42.5 Å². The first-order chi connectivity index (χ1) is 11.6. The number of nitrogens with zero attached hydrogens (tertiary/aromatic N) is 2. The van der Waals surface area contributed by atoms with Crippen LogP contribution in [0.1, 0.15) is 30.1 Å². The summed E-state index contributed by atoms with van der Waals surface area (Å²) in [4.78, 5) is 17.2. The second-order valence-electron chi connectivity index (χ2n) is 6.49. The largest absolute Gasteiger partial charge is 0.290 e. The Hall–Kier alpha value is -1.55. The third-order valence-electron chi connectivity index (χ3n) is 4.93. The number of hydrogen-bond donors (Lipinski definition) is 0. The van der Waals surface area contributed by atoms with Crippen molar-refractivity contribution in [3.05, 3.63) is 63.6 Å². The molecule has 0 unspecified atom stereocenters. The van der Waals surface area contributed by atoms with E-state index in [1.165, 1.54) is 5.56 Å². The fourth-order valence-electron chi connectivity index (χ4n) is 3.76. The number of aryl methyl sites for hydroxylation is 1. The van der Waals surface area contributed by atoms with Gasteiger partial charge in [0.25, 0.3) is 0 Å². The fraction of sp³-hybridized carbons (Fsp3) is 0.316. The van der Waals surface area contributed by atoms with E-state index in [9.17, 15) is 4.79 Å². The summed E-state index contributed by atoms with van der Waals surface area (Å²) in [5.74, 6) is 0.150. The quantitative estimate of drug-likeness (QED) is 0.766. The Morgan fingerprint density at radius 1 is 1.04 bits per heavy atom. The summed E-state index contributed by atoms with van der Waals surface area (Å²) in [6.07, 6.45) is 1.90. The molecule has 2 heterocycles. The minimum atomic E-state index is -0.0807. The fourth-order valence-corrected chi connectivity index (χ4v) is 4.05. The zero-order chi connectivity index (χ0) is 16.8. The number of rotatable bonds is 2. The maximum atomic E-state index is 13.0. The lowest BCUT2D eigenvalue weighted by atomic mass is 10.1. The summed E-state index contributed by atoms with van der Waals surface area (Å²) < 4.78 is 0. The van der Waals surface area contributed by atoms with Gasteiger partial charge in [0, 0.05) is 12.2 Å². The third kappa shape index (κ3) is 2.52. The number of benzene rings is 2. The average Bonchev–Trinajstić information content (AvgIpc) is 3.14. The van der Waals surface area contributed by atoms with Gasteiger partial charge in [0.2, 0.25) is 5.91 Å². The van der Waals surface area contributed by atoms with Crippen LogP contribution >= 0.6 is 23.2 Å². The molecule has 2 aliphatic heterocycles. The molecule has 3 nitrogen and oxygen atoms in total. The molecule has 24 heavy (non-hydrogen) atoms. The molecule has 2 aliphatic rings. The van der Waals surface area contributed by atoms with Crippen molar-refractivity contribution < 1.29 is 4.79 Å². The van der Waals surface area contributed by atoms with Crippen LogP contribution in [-0.4, -0.2) is 23.4 Å². The van der Waals surface area contributed by atoms with Gasteiger partial charge in [-0.1, -0.05) is 53.0 Å². The van der Waals surface area contributed by atoms with Crippen molar-refractivity contribution in [1.82, 2.24) is 4.90 Å². The topological polar surface area (TPSA) is 23.6 Å². The summed E-state index contributed by atoms with van der Waals surface area (Å²) in [6, 6.07) is 13.8. The van der Waals surface area contributed by atoms with Crippen molar-refractivity contribution >= 4 is 34.8 Å². The number of fused-ring (bicyclic) bond motifs is 1. The molecule has 2 fully saturated rings. The Bertz CT molecular complexity index is 790. The lowest BCUT2D eigenvalue weighted by Crippen LogP contribution is -2.32. The molecule has 0 N–H and O–H groups in total. The van der Waals surface area contributed by atoms with E-state index < -0.39 is 0 Å². The summed E-state index contributed by atoms with van der Waals surface area (Å²) in [5.41, 5.74) is 3.14. The van der Waals surface area contributed by atoms with Gasteiger partial charge in [-0.2, -0.15) is 0 Å². The first-order valence-corrected chi connectivity index (χ1v) is 8.92. The van der Waals surface area contributed by atoms with Crippen LogP contribution in [0.2, 0.25) is 10.0 Å². The van der Waals surface area contributed by atoms with E-state index >= 15 is 0 Å². The van der Waals surface area contributed by atoms with Crippen molar-refractivity contribution in [2.24, 2.45) is 0 Å². The molecule has 2 saturated heterocycles. The molecule has 0 aromatic heterocycles. The molecule has 2 aromatic carbocycles. The molecule has 0 aliphatic carbocycles. The van der Waals surface area contributed by atoms with Gasteiger partial charge < -0.3 is 0 Å². The van der Waals surface area contributed by atoms with Gasteiger partial charge in [0.05, 0.1) is 16.1 Å². The number of amides is 1.